The molecule has 3 heteroatoms. The Morgan fingerprint density at radius 1 is 1.25 bits per heavy atom. The van der Waals surface area contributed by atoms with Crippen LogP contribution in [0.15, 0.2) is 35.1 Å². The van der Waals surface area contributed by atoms with E-state index in [0.717, 1.165) is 16.6 Å². The fraction of sp³-hybridized carbons (Fsp3) is 0.308. The van der Waals surface area contributed by atoms with Gasteiger partial charge in [0.05, 0.1) is 5.52 Å². The summed E-state index contributed by atoms with van der Waals surface area (Å²) in [5, 5.41) is 4.38. The van der Waals surface area contributed by atoms with Gasteiger partial charge in [-0.1, -0.05) is 18.2 Å². The van der Waals surface area contributed by atoms with Gasteiger partial charge in [-0.05, 0) is 19.9 Å². The fourth-order valence-corrected chi connectivity index (χ4v) is 1.84. The molecule has 16 heavy (non-hydrogen) atoms. The Balaban J connectivity index is 2.74. The van der Waals surface area contributed by atoms with Crippen LogP contribution < -0.4 is 10.9 Å². The lowest BCUT2D eigenvalue weighted by Gasteiger charge is -2.14. The average Bonchev–Trinajstić information content (AvgIpc) is 2.25. The number of pyridine rings is 1. The van der Waals surface area contributed by atoms with Gasteiger partial charge >= 0.3 is 0 Å². The molecule has 1 aromatic carbocycles. The van der Waals surface area contributed by atoms with Gasteiger partial charge in [0, 0.05) is 30.2 Å². The molecule has 2 rings (SSSR count). The predicted octanol–water partition coefficient (Wildman–Crippen LogP) is 2.36. The third kappa shape index (κ3) is 1.81. The highest BCUT2D eigenvalue weighted by Gasteiger charge is 2.06. The van der Waals surface area contributed by atoms with Crippen molar-refractivity contribution in [1.29, 1.82) is 0 Å². The summed E-state index contributed by atoms with van der Waals surface area (Å²) in [5.74, 6) is 0. The largest absolute Gasteiger partial charge is 0.382 e. The quantitative estimate of drug-likeness (QED) is 0.836. The zero-order chi connectivity index (χ0) is 11.7. The van der Waals surface area contributed by atoms with Crippen LogP contribution in [0.1, 0.15) is 13.8 Å². The number of anilines is 1. The zero-order valence-corrected chi connectivity index (χ0v) is 9.82. The van der Waals surface area contributed by atoms with Crippen molar-refractivity contribution in [1.82, 2.24) is 4.57 Å². The number of para-hydroxylation sites is 1. The molecule has 84 valence electrons. The number of nitrogens with one attached hydrogen (secondary N) is 1. The van der Waals surface area contributed by atoms with Gasteiger partial charge in [-0.3, -0.25) is 4.79 Å². The van der Waals surface area contributed by atoms with E-state index in [0.29, 0.717) is 6.04 Å². The third-order valence-corrected chi connectivity index (χ3v) is 2.60. The van der Waals surface area contributed by atoms with Gasteiger partial charge in [-0.15, -0.1) is 0 Å². The number of hydrogen-bond donors (Lipinski definition) is 1. The molecule has 0 aliphatic rings. The summed E-state index contributed by atoms with van der Waals surface area (Å²) in [4.78, 5) is 11.8. The van der Waals surface area contributed by atoms with Crippen molar-refractivity contribution in [3.63, 3.8) is 0 Å². The second-order valence-corrected chi connectivity index (χ2v) is 4.27. The number of hydrogen-bond acceptors (Lipinski definition) is 2. The van der Waals surface area contributed by atoms with E-state index in [2.05, 4.69) is 19.2 Å². The van der Waals surface area contributed by atoms with Crippen LogP contribution in [0.3, 0.4) is 0 Å². The summed E-state index contributed by atoms with van der Waals surface area (Å²) in [6.45, 7) is 4.12. The molecule has 0 saturated carbocycles. The Kier molecular flexibility index (Phi) is 2.69. The van der Waals surface area contributed by atoms with E-state index in [1.54, 1.807) is 17.7 Å². The molecule has 3 nitrogen and oxygen atoms in total. The minimum absolute atomic E-state index is 0.0156. The molecule has 0 unspecified atom stereocenters. The number of aryl methyl sites for hydroxylation is 1. The van der Waals surface area contributed by atoms with Gasteiger partial charge in [0.2, 0.25) is 0 Å². The highest BCUT2D eigenvalue weighted by Crippen LogP contribution is 2.21. The monoisotopic (exact) mass is 216 g/mol. The molecule has 0 atom stereocenters. The van der Waals surface area contributed by atoms with Crippen LogP contribution in [0.4, 0.5) is 5.69 Å². The van der Waals surface area contributed by atoms with Crippen molar-refractivity contribution in [2.45, 2.75) is 19.9 Å². The number of fused-ring (bicyclic) bond motifs is 1. The Labute approximate surface area is 94.7 Å². The van der Waals surface area contributed by atoms with Crippen LogP contribution >= 0.6 is 0 Å². The van der Waals surface area contributed by atoms with Crippen molar-refractivity contribution in [3.8, 4) is 0 Å². The third-order valence-electron chi connectivity index (χ3n) is 2.60. The molecule has 1 aromatic heterocycles. The summed E-state index contributed by atoms with van der Waals surface area (Å²) in [5.41, 5.74) is 1.88. The maximum atomic E-state index is 11.8. The molecule has 0 bridgehead atoms. The molecule has 0 aliphatic carbocycles. The van der Waals surface area contributed by atoms with Crippen molar-refractivity contribution in [2.75, 3.05) is 5.32 Å². The summed E-state index contributed by atoms with van der Waals surface area (Å²) in [6.07, 6.45) is 0. The Morgan fingerprint density at radius 2 is 1.94 bits per heavy atom. The molecule has 0 radical (unpaired) electrons. The van der Waals surface area contributed by atoms with Crippen LogP contribution in [0, 0.1) is 0 Å². The van der Waals surface area contributed by atoms with Crippen molar-refractivity contribution < 1.29 is 0 Å². The Hall–Kier alpha value is -1.77. The first-order valence-corrected chi connectivity index (χ1v) is 5.45. The molecule has 1 N–H and O–H groups in total. The fourth-order valence-electron chi connectivity index (χ4n) is 1.84. The van der Waals surface area contributed by atoms with E-state index >= 15 is 0 Å². The smallest absolute Gasteiger partial charge is 0.252 e. The molecule has 0 amide bonds. The topological polar surface area (TPSA) is 34.0 Å². The summed E-state index contributed by atoms with van der Waals surface area (Å²) >= 11 is 0. The lowest BCUT2D eigenvalue weighted by molar-refractivity contribution is 0.884. The van der Waals surface area contributed by atoms with Gasteiger partial charge in [0.1, 0.15) is 0 Å². The molecule has 0 spiro atoms. The van der Waals surface area contributed by atoms with Crippen molar-refractivity contribution in [2.24, 2.45) is 7.05 Å². The van der Waals surface area contributed by atoms with E-state index in [1.165, 1.54) is 0 Å². The summed E-state index contributed by atoms with van der Waals surface area (Å²) < 4.78 is 1.67. The Bertz CT molecular complexity index is 570. The first kappa shape index (κ1) is 10.7. The Morgan fingerprint density at radius 3 is 2.62 bits per heavy atom. The van der Waals surface area contributed by atoms with Gasteiger partial charge in [0.25, 0.3) is 5.56 Å². The zero-order valence-electron chi connectivity index (χ0n) is 9.82. The van der Waals surface area contributed by atoms with Crippen LogP contribution in [0.25, 0.3) is 10.9 Å². The first-order chi connectivity index (χ1) is 7.59. The number of nitrogens with zero attached hydrogens (tertiary/aromatic N) is 1. The second kappa shape index (κ2) is 4.00. The molecule has 1 heterocycles. The maximum absolute atomic E-state index is 11.8. The summed E-state index contributed by atoms with van der Waals surface area (Å²) in [6, 6.07) is 9.89. The van der Waals surface area contributed by atoms with E-state index in [1.807, 2.05) is 24.3 Å². The number of rotatable bonds is 2. The van der Waals surface area contributed by atoms with Gasteiger partial charge < -0.3 is 9.88 Å². The normalized spacial score (nSPS) is 11.0. The van der Waals surface area contributed by atoms with Crippen molar-refractivity contribution in [3.05, 3.63) is 40.7 Å². The highest BCUT2D eigenvalue weighted by atomic mass is 16.1. The van der Waals surface area contributed by atoms with E-state index in [4.69, 9.17) is 0 Å². The average molecular weight is 216 g/mol. The highest BCUT2D eigenvalue weighted by molar-refractivity contribution is 5.91. The van der Waals surface area contributed by atoms with Gasteiger partial charge in [-0.2, -0.15) is 0 Å². The minimum Gasteiger partial charge on any atom is -0.382 e. The molecule has 0 aliphatic heterocycles. The van der Waals surface area contributed by atoms with Gasteiger partial charge in [0.15, 0.2) is 0 Å². The molecular weight excluding hydrogens is 200 g/mol. The van der Waals surface area contributed by atoms with Crippen molar-refractivity contribution >= 4 is 16.6 Å². The van der Waals surface area contributed by atoms with E-state index < -0.39 is 0 Å². The molecule has 0 saturated heterocycles. The standard InChI is InChI=1S/C13H16N2O/c1-9(2)14-11-8-13(16)15(3)12-7-5-4-6-10(11)12/h4-9,14H,1-3H3. The van der Waals surface area contributed by atoms with Gasteiger partial charge in [-0.25, -0.2) is 0 Å². The molecular formula is C13H16N2O. The lowest BCUT2D eigenvalue weighted by atomic mass is 10.1. The minimum atomic E-state index is 0.0156. The number of aromatic nitrogens is 1. The first-order valence-electron chi connectivity index (χ1n) is 5.45. The molecule has 0 fully saturated rings. The maximum Gasteiger partial charge on any atom is 0.252 e. The van der Waals surface area contributed by atoms with Crippen LogP contribution in [0.2, 0.25) is 0 Å². The second-order valence-electron chi connectivity index (χ2n) is 4.27. The van der Waals surface area contributed by atoms with Crippen LogP contribution in [-0.4, -0.2) is 10.6 Å². The van der Waals surface area contributed by atoms with E-state index in [-0.39, 0.29) is 5.56 Å². The van der Waals surface area contributed by atoms with Crippen LogP contribution in [0.5, 0.6) is 0 Å². The number of benzene rings is 1. The van der Waals surface area contributed by atoms with E-state index in [9.17, 15) is 4.79 Å². The predicted molar refractivity (Wildman–Crippen MR) is 67.9 cm³/mol. The SMILES string of the molecule is CC(C)Nc1cc(=O)n(C)c2ccccc12. The molecule has 2 aromatic rings. The summed E-state index contributed by atoms with van der Waals surface area (Å²) in [7, 11) is 1.80. The van der Waals surface area contributed by atoms with Crippen LogP contribution in [-0.2, 0) is 7.05 Å². The lowest BCUT2D eigenvalue weighted by Crippen LogP contribution is -2.19.